The van der Waals surface area contributed by atoms with Gasteiger partial charge in [0.1, 0.15) is 22.7 Å². The number of halogens is 1. The van der Waals surface area contributed by atoms with Crippen LogP contribution in [0.2, 0.25) is 0 Å². The molecule has 0 saturated heterocycles. The number of fused-ring (bicyclic) bond motifs is 1. The van der Waals surface area contributed by atoms with Crippen LogP contribution in [0.5, 0.6) is 5.75 Å². The lowest BCUT2D eigenvalue weighted by molar-refractivity contribution is -0.122. The SMILES string of the molecule is CNc1cc(F)cc2cc(C(=O)Nc3ccc(C(=O)O)c(OCCCN)c3)c(=O)[nH]c12.O=CO. The van der Waals surface area contributed by atoms with Gasteiger partial charge in [-0.05, 0) is 43.3 Å². The highest BCUT2D eigenvalue weighted by atomic mass is 19.1. The molecule has 0 saturated carbocycles. The predicted molar refractivity (Wildman–Crippen MR) is 123 cm³/mol. The lowest BCUT2D eigenvalue weighted by atomic mass is 10.1. The zero-order valence-corrected chi connectivity index (χ0v) is 18.1. The maximum Gasteiger partial charge on any atom is 0.339 e. The number of nitrogens with one attached hydrogen (secondary N) is 3. The second-order valence-electron chi connectivity index (χ2n) is 6.75. The fraction of sp³-hybridized carbons (Fsp3) is 0.182. The second-order valence-corrected chi connectivity index (χ2v) is 6.75. The first-order valence-electron chi connectivity index (χ1n) is 9.89. The van der Waals surface area contributed by atoms with Gasteiger partial charge in [-0.15, -0.1) is 0 Å². The van der Waals surface area contributed by atoms with E-state index in [9.17, 15) is 23.9 Å². The average Bonchev–Trinajstić information content (AvgIpc) is 2.79. The van der Waals surface area contributed by atoms with Crippen molar-refractivity contribution in [1.82, 2.24) is 4.98 Å². The van der Waals surface area contributed by atoms with Gasteiger partial charge >= 0.3 is 5.97 Å². The van der Waals surface area contributed by atoms with Gasteiger partial charge in [0, 0.05) is 24.2 Å². The molecule has 0 bridgehead atoms. The molecule has 3 aromatic rings. The standard InChI is InChI=1S/C21H21FN4O5.CH2O2/c1-24-16-9-12(22)7-11-8-15(20(28)26-18(11)16)19(27)25-13-3-4-14(21(29)30)17(10-13)31-6-2-5-23;2-1-3/h3-4,7-10,24H,2,5-6,23H2,1H3,(H,25,27)(H,26,28)(H,29,30);1H,(H,2,3). The first-order valence-corrected chi connectivity index (χ1v) is 9.89. The van der Waals surface area contributed by atoms with Gasteiger partial charge < -0.3 is 36.3 Å². The molecule has 0 aliphatic carbocycles. The zero-order valence-electron chi connectivity index (χ0n) is 18.1. The molecule has 3 rings (SSSR count). The minimum atomic E-state index is -1.19. The van der Waals surface area contributed by atoms with E-state index in [1.54, 1.807) is 7.05 Å². The van der Waals surface area contributed by atoms with E-state index >= 15 is 0 Å². The van der Waals surface area contributed by atoms with Crippen LogP contribution in [0.1, 0.15) is 27.1 Å². The predicted octanol–water partition coefficient (Wildman–Crippen LogP) is 2.09. The summed E-state index contributed by atoms with van der Waals surface area (Å²) in [7, 11) is 1.58. The third kappa shape index (κ3) is 6.29. The number of H-pyrrole nitrogens is 1. The van der Waals surface area contributed by atoms with Crippen molar-refractivity contribution in [2.75, 3.05) is 30.8 Å². The van der Waals surface area contributed by atoms with E-state index in [0.717, 1.165) is 0 Å². The molecule has 0 radical (unpaired) electrons. The summed E-state index contributed by atoms with van der Waals surface area (Å²) in [6.07, 6.45) is 0.521. The summed E-state index contributed by atoms with van der Waals surface area (Å²) in [6.45, 7) is 0.331. The van der Waals surface area contributed by atoms with Gasteiger partial charge in [-0.3, -0.25) is 14.4 Å². The summed E-state index contributed by atoms with van der Waals surface area (Å²) in [5.41, 5.74) is 5.43. The Morgan fingerprint density at radius 3 is 2.53 bits per heavy atom. The Bertz CT molecular complexity index is 1260. The molecule has 0 aliphatic rings. The lowest BCUT2D eigenvalue weighted by Crippen LogP contribution is -2.23. The molecule has 180 valence electrons. The monoisotopic (exact) mass is 474 g/mol. The number of aromatic nitrogens is 1. The third-order valence-corrected chi connectivity index (χ3v) is 4.51. The minimum absolute atomic E-state index is 0.0619. The van der Waals surface area contributed by atoms with E-state index in [1.807, 2.05) is 0 Å². The van der Waals surface area contributed by atoms with E-state index < -0.39 is 23.3 Å². The summed E-state index contributed by atoms with van der Waals surface area (Å²) >= 11 is 0. The maximum absolute atomic E-state index is 13.8. The molecule has 1 aromatic heterocycles. The number of carboxylic acids is 1. The molecule has 0 fully saturated rings. The van der Waals surface area contributed by atoms with Crippen LogP contribution < -0.4 is 26.7 Å². The van der Waals surface area contributed by atoms with E-state index in [1.165, 1.54) is 36.4 Å². The normalized spacial score (nSPS) is 10.1. The fourth-order valence-electron chi connectivity index (χ4n) is 3.01. The highest BCUT2D eigenvalue weighted by molar-refractivity contribution is 6.06. The van der Waals surface area contributed by atoms with E-state index in [0.29, 0.717) is 29.6 Å². The van der Waals surface area contributed by atoms with E-state index in [4.69, 9.17) is 20.4 Å². The number of amides is 1. The molecule has 2 aromatic carbocycles. The summed E-state index contributed by atoms with van der Waals surface area (Å²) in [5.74, 6) is -2.39. The third-order valence-electron chi connectivity index (χ3n) is 4.51. The number of carboxylic acid groups (broad SMARTS) is 2. The van der Waals surface area contributed by atoms with Crippen molar-refractivity contribution in [3.05, 3.63) is 63.7 Å². The molecule has 1 heterocycles. The Kier molecular flexibility index (Phi) is 9.08. The van der Waals surface area contributed by atoms with Crippen molar-refractivity contribution in [1.29, 1.82) is 0 Å². The van der Waals surface area contributed by atoms with E-state index in [2.05, 4.69) is 15.6 Å². The largest absolute Gasteiger partial charge is 0.493 e. The molecular formula is C22H23FN4O7. The Balaban J connectivity index is 0.00000129. The highest BCUT2D eigenvalue weighted by Crippen LogP contribution is 2.25. The summed E-state index contributed by atoms with van der Waals surface area (Å²) in [5, 5.41) is 21.9. The second kappa shape index (κ2) is 12.0. The molecule has 11 nitrogen and oxygen atoms in total. The molecule has 12 heteroatoms. The number of aromatic amines is 1. The summed E-state index contributed by atoms with van der Waals surface area (Å²) in [4.78, 5) is 47.5. The molecule has 0 unspecified atom stereocenters. The number of aromatic carboxylic acids is 1. The molecule has 1 amide bonds. The van der Waals surface area contributed by atoms with Crippen LogP contribution in [0.4, 0.5) is 15.8 Å². The Labute approximate surface area is 192 Å². The van der Waals surface area contributed by atoms with Crippen LogP contribution in [-0.2, 0) is 4.79 Å². The van der Waals surface area contributed by atoms with Crippen LogP contribution >= 0.6 is 0 Å². The van der Waals surface area contributed by atoms with Crippen LogP contribution in [0.3, 0.4) is 0 Å². The number of pyridine rings is 1. The van der Waals surface area contributed by atoms with Crippen molar-refractivity contribution < 1.29 is 33.7 Å². The zero-order chi connectivity index (χ0) is 25.3. The average molecular weight is 474 g/mol. The van der Waals surface area contributed by atoms with Gasteiger partial charge in [-0.2, -0.15) is 0 Å². The van der Waals surface area contributed by atoms with Crippen LogP contribution in [0.25, 0.3) is 10.9 Å². The number of hydrogen-bond acceptors (Lipinski definition) is 7. The van der Waals surface area contributed by atoms with Gasteiger partial charge in [-0.25, -0.2) is 9.18 Å². The number of benzene rings is 2. The Hall–Kier alpha value is -4.45. The van der Waals surface area contributed by atoms with Crippen molar-refractivity contribution in [3.8, 4) is 5.75 Å². The number of rotatable bonds is 8. The number of nitrogens with two attached hydrogens (primary N) is 1. The Morgan fingerprint density at radius 1 is 1.21 bits per heavy atom. The smallest absolute Gasteiger partial charge is 0.339 e. The van der Waals surface area contributed by atoms with Crippen molar-refractivity contribution in [2.45, 2.75) is 6.42 Å². The van der Waals surface area contributed by atoms with Crippen LogP contribution in [0, 0.1) is 5.82 Å². The van der Waals surface area contributed by atoms with E-state index in [-0.39, 0.29) is 35.6 Å². The van der Waals surface area contributed by atoms with Crippen molar-refractivity contribution in [2.24, 2.45) is 5.73 Å². The molecular weight excluding hydrogens is 451 g/mol. The lowest BCUT2D eigenvalue weighted by Gasteiger charge is -2.12. The number of carbonyl (C=O) groups excluding carboxylic acids is 1. The molecule has 34 heavy (non-hydrogen) atoms. The first kappa shape index (κ1) is 25.8. The molecule has 0 spiro atoms. The fourth-order valence-corrected chi connectivity index (χ4v) is 3.01. The van der Waals surface area contributed by atoms with Crippen molar-refractivity contribution >= 4 is 40.6 Å². The maximum atomic E-state index is 13.8. The number of hydrogen-bond donors (Lipinski definition) is 6. The van der Waals surface area contributed by atoms with Gasteiger partial charge in [0.2, 0.25) is 0 Å². The first-order chi connectivity index (χ1) is 16.2. The van der Waals surface area contributed by atoms with Crippen LogP contribution in [-0.4, -0.2) is 53.7 Å². The van der Waals surface area contributed by atoms with Crippen molar-refractivity contribution in [3.63, 3.8) is 0 Å². The topological polar surface area (TPSA) is 184 Å². The Morgan fingerprint density at radius 2 is 1.91 bits per heavy atom. The summed E-state index contributed by atoms with van der Waals surface area (Å²) in [6, 6.07) is 7.74. The van der Waals surface area contributed by atoms with Gasteiger partial charge in [0.15, 0.2) is 0 Å². The molecule has 0 aliphatic heterocycles. The number of carbonyl (C=O) groups is 3. The molecule has 0 atom stereocenters. The van der Waals surface area contributed by atoms with Gasteiger partial charge in [-0.1, -0.05) is 0 Å². The molecule has 7 N–H and O–H groups in total. The highest BCUT2D eigenvalue weighted by Gasteiger charge is 2.17. The minimum Gasteiger partial charge on any atom is -0.493 e. The summed E-state index contributed by atoms with van der Waals surface area (Å²) < 4.78 is 19.3. The number of anilines is 2. The van der Waals surface area contributed by atoms with Gasteiger partial charge in [0.05, 0.1) is 17.8 Å². The number of ether oxygens (including phenoxy) is 1. The van der Waals surface area contributed by atoms with Gasteiger partial charge in [0.25, 0.3) is 17.9 Å². The quantitative estimate of drug-likeness (QED) is 0.210. The van der Waals surface area contributed by atoms with Crippen LogP contribution in [0.15, 0.2) is 41.2 Å².